The lowest BCUT2D eigenvalue weighted by atomic mass is 10.1. The lowest BCUT2D eigenvalue weighted by Crippen LogP contribution is -2.26. The first-order valence-electron chi connectivity index (χ1n) is 6.48. The summed E-state index contributed by atoms with van der Waals surface area (Å²) in [5.74, 6) is 4.38. The molecule has 0 aliphatic heterocycles. The number of thiophene rings is 1. The van der Waals surface area contributed by atoms with E-state index < -0.39 is 11.7 Å². The van der Waals surface area contributed by atoms with Crippen molar-refractivity contribution in [3.05, 3.63) is 57.5 Å². The molecule has 1 amide bonds. The van der Waals surface area contributed by atoms with E-state index in [4.69, 9.17) is 5.73 Å². The van der Waals surface area contributed by atoms with Crippen molar-refractivity contribution in [2.75, 3.05) is 13.1 Å². The van der Waals surface area contributed by atoms with Crippen LogP contribution >= 0.6 is 11.3 Å². The van der Waals surface area contributed by atoms with Gasteiger partial charge in [-0.05, 0) is 47.0 Å². The minimum Gasteiger partial charge on any atom is -0.352 e. The summed E-state index contributed by atoms with van der Waals surface area (Å²) < 4.78 is 13.9. The fourth-order valence-corrected chi connectivity index (χ4v) is 2.48. The van der Waals surface area contributed by atoms with Gasteiger partial charge < -0.3 is 11.1 Å². The molecule has 0 radical (unpaired) electrons. The summed E-state index contributed by atoms with van der Waals surface area (Å²) in [5.41, 5.74) is 6.95. The Morgan fingerprint density at radius 2 is 2.24 bits per heavy atom. The molecule has 3 N–H and O–H groups in total. The van der Waals surface area contributed by atoms with Gasteiger partial charge in [0.25, 0.3) is 5.91 Å². The summed E-state index contributed by atoms with van der Waals surface area (Å²) in [6.45, 7) is 0.691. The summed E-state index contributed by atoms with van der Waals surface area (Å²) in [4.78, 5) is 11.9. The summed E-state index contributed by atoms with van der Waals surface area (Å²) in [6.07, 6.45) is 0.733. The maximum absolute atomic E-state index is 13.9. The van der Waals surface area contributed by atoms with Gasteiger partial charge in [0.15, 0.2) is 0 Å². The van der Waals surface area contributed by atoms with Crippen LogP contribution in [0.3, 0.4) is 0 Å². The molecule has 1 heterocycles. The standard InChI is InChI=1S/C16H15FN2OS/c17-15-10-12(2-1-7-18)3-4-14(15)16(20)19-8-5-13-6-9-21-11-13/h3-4,6,9-11H,5,7-8,18H2,(H,19,20). The molecule has 3 nitrogen and oxygen atoms in total. The highest BCUT2D eigenvalue weighted by molar-refractivity contribution is 7.07. The second kappa shape index (κ2) is 7.58. The third-order valence-electron chi connectivity index (χ3n) is 2.83. The summed E-state index contributed by atoms with van der Waals surface area (Å²) >= 11 is 1.61. The van der Waals surface area contributed by atoms with E-state index in [2.05, 4.69) is 17.2 Å². The number of amides is 1. The summed E-state index contributed by atoms with van der Waals surface area (Å²) in [6, 6.07) is 6.30. The monoisotopic (exact) mass is 302 g/mol. The van der Waals surface area contributed by atoms with Gasteiger partial charge in [-0.2, -0.15) is 11.3 Å². The highest BCUT2D eigenvalue weighted by Crippen LogP contribution is 2.10. The molecule has 0 aliphatic carbocycles. The minimum absolute atomic E-state index is 0.0265. The quantitative estimate of drug-likeness (QED) is 0.851. The van der Waals surface area contributed by atoms with Gasteiger partial charge in [0.05, 0.1) is 12.1 Å². The molecule has 0 unspecified atom stereocenters. The molecule has 5 heteroatoms. The van der Waals surface area contributed by atoms with Crippen molar-refractivity contribution in [1.29, 1.82) is 0 Å². The van der Waals surface area contributed by atoms with E-state index in [1.54, 1.807) is 17.4 Å². The second-order valence-electron chi connectivity index (χ2n) is 4.34. The number of carbonyl (C=O) groups excluding carboxylic acids is 1. The van der Waals surface area contributed by atoms with Crippen LogP contribution in [0.15, 0.2) is 35.0 Å². The Labute approximate surface area is 127 Å². The van der Waals surface area contributed by atoms with Crippen molar-refractivity contribution in [2.24, 2.45) is 5.73 Å². The number of benzene rings is 1. The van der Waals surface area contributed by atoms with E-state index in [0.29, 0.717) is 12.1 Å². The number of halogens is 1. The maximum Gasteiger partial charge on any atom is 0.254 e. The SMILES string of the molecule is NCC#Cc1ccc(C(=O)NCCc2ccsc2)c(F)c1. The van der Waals surface area contributed by atoms with Crippen molar-refractivity contribution < 1.29 is 9.18 Å². The van der Waals surface area contributed by atoms with Gasteiger partial charge in [-0.25, -0.2) is 4.39 Å². The second-order valence-corrected chi connectivity index (χ2v) is 5.12. The molecule has 0 fully saturated rings. The highest BCUT2D eigenvalue weighted by Gasteiger charge is 2.11. The topological polar surface area (TPSA) is 55.1 Å². The molecule has 0 saturated heterocycles. The molecule has 0 atom stereocenters. The van der Waals surface area contributed by atoms with Crippen LogP contribution in [0.25, 0.3) is 0 Å². The van der Waals surface area contributed by atoms with Gasteiger partial charge in [0.1, 0.15) is 5.82 Å². The maximum atomic E-state index is 13.9. The Morgan fingerprint density at radius 1 is 1.38 bits per heavy atom. The van der Waals surface area contributed by atoms with Crippen molar-refractivity contribution in [3.63, 3.8) is 0 Å². The van der Waals surface area contributed by atoms with E-state index in [1.165, 1.54) is 12.1 Å². The van der Waals surface area contributed by atoms with Crippen molar-refractivity contribution in [3.8, 4) is 11.8 Å². The molecular weight excluding hydrogens is 287 g/mol. The van der Waals surface area contributed by atoms with Crippen LogP contribution < -0.4 is 11.1 Å². The van der Waals surface area contributed by atoms with E-state index in [-0.39, 0.29) is 12.1 Å². The van der Waals surface area contributed by atoms with E-state index in [0.717, 1.165) is 12.0 Å². The number of carbonyl (C=O) groups is 1. The van der Waals surface area contributed by atoms with E-state index >= 15 is 0 Å². The lowest BCUT2D eigenvalue weighted by molar-refractivity contribution is 0.0950. The first-order valence-corrected chi connectivity index (χ1v) is 7.42. The predicted molar refractivity (Wildman–Crippen MR) is 82.7 cm³/mol. The average molecular weight is 302 g/mol. The molecule has 0 saturated carbocycles. The van der Waals surface area contributed by atoms with E-state index in [1.807, 2.05) is 16.8 Å². The van der Waals surface area contributed by atoms with Crippen LogP contribution in [0.5, 0.6) is 0 Å². The first kappa shape index (κ1) is 15.2. The van der Waals surface area contributed by atoms with Crippen LogP contribution in [0, 0.1) is 17.7 Å². The van der Waals surface area contributed by atoms with Crippen LogP contribution in [0.1, 0.15) is 21.5 Å². The molecule has 0 bridgehead atoms. The van der Waals surface area contributed by atoms with Crippen LogP contribution in [-0.2, 0) is 6.42 Å². The van der Waals surface area contributed by atoms with Crippen LogP contribution in [0.4, 0.5) is 4.39 Å². The number of hydrogen-bond donors (Lipinski definition) is 2. The van der Waals surface area contributed by atoms with Crippen LogP contribution in [-0.4, -0.2) is 19.0 Å². The highest BCUT2D eigenvalue weighted by atomic mass is 32.1. The lowest BCUT2D eigenvalue weighted by Gasteiger charge is -2.06. The predicted octanol–water partition coefficient (Wildman–Crippen LogP) is 2.17. The van der Waals surface area contributed by atoms with Gasteiger partial charge in [-0.15, -0.1) is 0 Å². The third kappa shape index (κ3) is 4.42. The van der Waals surface area contributed by atoms with Crippen molar-refractivity contribution >= 4 is 17.2 Å². The molecule has 0 aliphatic rings. The fraction of sp³-hybridized carbons (Fsp3) is 0.188. The molecule has 21 heavy (non-hydrogen) atoms. The Hall–Kier alpha value is -2.16. The molecule has 0 spiro atoms. The smallest absolute Gasteiger partial charge is 0.254 e. The summed E-state index contributed by atoms with van der Waals surface area (Å²) in [7, 11) is 0. The molecule has 1 aromatic carbocycles. The molecular formula is C16H15FN2OS. The van der Waals surface area contributed by atoms with Gasteiger partial charge in [-0.1, -0.05) is 11.8 Å². The minimum atomic E-state index is -0.577. The zero-order chi connectivity index (χ0) is 15.1. The zero-order valence-corrected chi connectivity index (χ0v) is 12.2. The zero-order valence-electron chi connectivity index (χ0n) is 11.4. The number of rotatable bonds is 4. The van der Waals surface area contributed by atoms with Crippen molar-refractivity contribution in [2.45, 2.75) is 6.42 Å². The fourth-order valence-electron chi connectivity index (χ4n) is 1.78. The summed E-state index contributed by atoms with van der Waals surface area (Å²) in [5, 5.41) is 6.72. The molecule has 2 rings (SSSR count). The molecule has 108 valence electrons. The van der Waals surface area contributed by atoms with Gasteiger partial charge in [0, 0.05) is 12.1 Å². The first-order chi connectivity index (χ1) is 10.2. The van der Waals surface area contributed by atoms with E-state index in [9.17, 15) is 9.18 Å². The number of nitrogens with two attached hydrogens (primary N) is 1. The van der Waals surface area contributed by atoms with Crippen molar-refractivity contribution in [1.82, 2.24) is 5.32 Å². The average Bonchev–Trinajstić information content (AvgIpc) is 2.98. The Bertz CT molecular complexity index is 671. The largest absolute Gasteiger partial charge is 0.352 e. The van der Waals surface area contributed by atoms with Gasteiger partial charge in [-0.3, -0.25) is 4.79 Å². The Balaban J connectivity index is 1.95. The third-order valence-corrected chi connectivity index (χ3v) is 3.56. The number of nitrogens with one attached hydrogen (secondary N) is 1. The normalized spacial score (nSPS) is 9.81. The molecule has 1 aromatic heterocycles. The van der Waals surface area contributed by atoms with Gasteiger partial charge in [0.2, 0.25) is 0 Å². The molecule has 2 aromatic rings. The van der Waals surface area contributed by atoms with Crippen LogP contribution in [0.2, 0.25) is 0 Å². The number of hydrogen-bond acceptors (Lipinski definition) is 3. The Kier molecular flexibility index (Phi) is 5.50. The Morgan fingerprint density at radius 3 is 2.90 bits per heavy atom. The van der Waals surface area contributed by atoms with Gasteiger partial charge >= 0.3 is 0 Å².